The molecule has 52 heavy (non-hydrogen) atoms. The summed E-state index contributed by atoms with van der Waals surface area (Å²) in [6.07, 6.45) is 3.85. The summed E-state index contributed by atoms with van der Waals surface area (Å²) in [5.41, 5.74) is 9.72. The third-order valence-corrected chi connectivity index (χ3v) is 9.74. The monoisotopic (exact) mass is 812 g/mol. The van der Waals surface area contributed by atoms with Crippen LogP contribution in [0.3, 0.4) is 0 Å². The third-order valence-electron chi connectivity index (χ3n) is 9.74. The van der Waals surface area contributed by atoms with E-state index in [1.807, 2.05) is 0 Å². The fourth-order valence-corrected chi connectivity index (χ4v) is 7.20. The Hall–Kier alpha value is -3.26. The van der Waals surface area contributed by atoms with E-state index in [-0.39, 0.29) is 30.2 Å². The molecule has 0 aliphatic rings. The van der Waals surface area contributed by atoms with Crippen LogP contribution in [0, 0.1) is 13.8 Å². The summed E-state index contributed by atoms with van der Waals surface area (Å²) < 4.78 is 0. The molecule has 4 heteroatoms. The Morgan fingerprint density at radius 3 is 1.67 bits per heavy atom. The van der Waals surface area contributed by atoms with E-state index in [4.69, 9.17) is 0 Å². The number of hydrogen-bond acceptors (Lipinski definition) is 0. The van der Waals surface area contributed by atoms with Gasteiger partial charge >= 0.3 is 41.9 Å². The van der Waals surface area contributed by atoms with Crippen LogP contribution in [0.1, 0.15) is 55.7 Å². The minimum absolute atomic E-state index is 0. The van der Waals surface area contributed by atoms with E-state index >= 15 is 0 Å². The van der Waals surface area contributed by atoms with Crippen LogP contribution in [-0.2, 0) is 23.3 Å². The van der Waals surface area contributed by atoms with Crippen LogP contribution in [-0.4, -0.2) is 5.43 Å². The van der Waals surface area contributed by atoms with Gasteiger partial charge in [0.05, 0.1) is 0 Å². The molecule has 0 bridgehead atoms. The molecular weight excluding hydrogens is 767 g/mol. The van der Waals surface area contributed by atoms with Crippen LogP contribution >= 0.6 is 0 Å². The first kappa shape index (κ1) is 41.5. The largest absolute Gasteiger partial charge is 1.00 e. The van der Waals surface area contributed by atoms with Gasteiger partial charge < -0.3 is 24.8 Å². The molecule has 1 atom stereocenters. The topological polar surface area (TPSA) is 0 Å². The number of fused-ring (bicyclic) bond motifs is 4. The van der Waals surface area contributed by atoms with Crippen LogP contribution in [0.5, 0.6) is 0 Å². The van der Waals surface area contributed by atoms with Gasteiger partial charge in [-0.2, -0.15) is 12.1 Å². The molecule has 8 aromatic rings. The van der Waals surface area contributed by atoms with Crippen molar-refractivity contribution in [2.24, 2.45) is 0 Å². The van der Waals surface area contributed by atoms with Crippen molar-refractivity contribution in [3.05, 3.63) is 156 Å². The van der Waals surface area contributed by atoms with Gasteiger partial charge in [-0.3, -0.25) is 0 Å². The second-order valence-corrected chi connectivity index (χ2v) is 23.4. The van der Waals surface area contributed by atoms with E-state index in [1.54, 1.807) is 23.3 Å². The van der Waals surface area contributed by atoms with Gasteiger partial charge in [0.1, 0.15) is 0 Å². The number of hydrogen-bond donors (Lipinski definition) is 0. The van der Waals surface area contributed by atoms with Gasteiger partial charge in [-0.1, -0.05) is 149 Å². The first-order valence-corrected chi connectivity index (χ1v) is 24.3. The fraction of sp³-hybridized carbons (Fsp3) is 0.208. The van der Waals surface area contributed by atoms with E-state index in [9.17, 15) is 0 Å². The van der Waals surface area contributed by atoms with E-state index in [1.165, 1.54) is 101 Å². The molecule has 0 spiro atoms. The van der Waals surface area contributed by atoms with Gasteiger partial charge in [-0.25, -0.2) is 0 Å². The van der Waals surface area contributed by atoms with Crippen LogP contribution < -0.4 is 24.8 Å². The Bertz CT molecular complexity index is 2400. The predicted molar refractivity (Wildman–Crippen MR) is 220 cm³/mol. The Morgan fingerprint density at radius 1 is 0.596 bits per heavy atom. The molecule has 8 rings (SSSR count). The Kier molecular flexibility index (Phi) is 15.3. The van der Waals surface area contributed by atoms with Crippen molar-refractivity contribution in [2.45, 2.75) is 66.0 Å². The number of halogens is 2. The molecule has 0 nitrogen and oxygen atoms in total. The molecule has 8 aromatic carbocycles. The zero-order chi connectivity index (χ0) is 35.2. The maximum absolute atomic E-state index is 2.42. The van der Waals surface area contributed by atoms with Crippen LogP contribution in [0.25, 0.3) is 65.3 Å². The minimum Gasteiger partial charge on any atom is -1.00 e. The van der Waals surface area contributed by atoms with E-state index in [0.29, 0.717) is 5.92 Å². The molecule has 0 heterocycles. The van der Waals surface area contributed by atoms with Crippen molar-refractivity contribution in [1.29, 1.82) is 0 Å². The molecule has 0 fully saturated rings. The van der Waals surface area contributed by atoms with Crippen molar-refractivity contribution >= 4 is 48.5 Å². The van der Waals surface area contributed by atoms with Crippen molar-refractivity contribution < 1.29 is 48.1 Å². The quantitative estimate of drug-likeness (QED) is 0.117. The summed E-state index contributed by atoms with van der Waals surface area (Å²) in [6.45, 7) is 13.6. The zero-order valence-electron chi connectivity index (χ0n) is 31.2. The SMILES string of the molecule is CCCCC(C)c1cc2c(-c3cccc4ccccc34)cccc2[cH-]1.C[Si](C)=[Zr+2].Cc1cc2c(-c3cccc4ccccc34)ccc(C)c2[cH-]1.[Cl-].[Cl-]. The molecule has 0 radical (unpaired) electrons. The van der Waals surface area contributed by atoms with Crippen LogP contribution in [0.15, 0.2) is 140 Å². The van der Waals surface area contributed by atoms with Crippen molar-refractivity contribution in [2.75, 3.05) is 0 Å². The molecule has 0 saturated carbocycles. The van der Waals surface area contributed by atoms with Gasteiger partial charge in [0, 0.05) is 0 Å². The van der Waals surface area contributed by atoms with Gasteiger partial charge in [0.2, 0.25) is 0 Å². The summed E-state index contributed by atoms with van der Waals surface area (Å²) in [6, 6.07) is 51.1. The summed E-state index contributed by atoms with van der Waals surface area (Å²) in [5, 5.41) is 10.7. The maximum Gasteiger partial charge on any atom is -0.0114 e. The van der Waals surface area contributed by atoms with Gasteiger partial charge in [0.25, 0.3) is 0 Å². The second kappa shape index (κ2) is 19.2. The predicted octanol–water partition coefficient (Wildman–Crippen LogP) is 8.46. The van der Waals surface area contributed by atoms with Gasteiger partial charge in [0.15, 0.2) is 0 Å². The smallest absolute Gasteiger partial charge is 0.0114 e. The molecule has 0 N–H and O–H groups in total. The Labute approximate surface area is 338 Å². The first-order valence-electron chi connectivity index (χ1n) is 18.1. The average molecular weight is 815 g/mol. The molecule has 0 aliphatic carbocycles. The van der Waals surface area contributed by atoms with E-state index in [0.717, 1.165) is 0 Å². The van der Waals surface area contributed by atoms with Crippen LogP contribution in [0.4, 0.5) is 0 Å². The third kappa shape index (κ3) is 9.45. The van der Waals surface area contributed by atoms with E-state index in [2.05, 4.69) is 180 Å². The molecule has 1 unspecified atom stereocenters. The second-order valence-electron chi connectivity index (χ2n) is 14.0. The van der Waals surface area contributed by atoms with E-state index < -0.39 is 0 Å². The molecule has 0 amide bonds. The average Bonchev–Trinajstić information content (AvgIpc) is 3.75. The van der Waals surface area contributed by atoms with Crippen molar-refractivity contribution in [1.82, 2.24) is 0 Å². The van der Waals surface area contributed by atoms with Crippen molar-refractivity contribution in [3.63, 3.8) is 0 Å². The number of unbranched alkanes of at least 4 members (excludes halogenated alkanes) is 1. The molecular formula is C48H48Cl2SiZr-2. The number of aryl methyl sites for hydroxylation is 2. The van der Waals surface area contributed by atoms with Crippen LogP contribution in [0.2, 0.25) is 13.1 Å². The van der Waals surface area contributed by atoms with Crippen molar-refractivity contribution in [3.8, 4) is 22.3 Å². The first-order chi connectivity index (χ1) is 24.2. The Morgan fingerprint density at radius 2 is 1.10 bits per heavy atom. The minimum atomic E-state index is 0. The summed E-state index contributed by atoms with van der Waals surface area (Å²) >= 11 is 1.74. The zero-order valence-corrected chi connectivity index (χ0v) is 36.2. The Balaban J connectivity index is 0.000000206. The molecule has 0 aliphatic heterocycles. The van der Waals surface area contributed by atoms with Gasteiger partial charge in [-0.05, 0) is 45.0 Å². The molecule has 264 valence electrons. The fourth-order valence-electron chi connectivity index (χ4n) is 7.20. The van der Waals surface area contributed by atoms with Gasteiger partial charge in [-0.15, -0.1) is 68.6 Å². The maximum atomic E-state index is 2.42. The summed E-state index contributed by atoms with van der Waals surface area (Å²) in [5.74, 6) is 0.632. The molecule has 0 saturated heterocycles. The number of rotatable bonds is 6. The standard InChI is InChI=1S/C25H25.C21H17.C2H6Si.2ClH.Zr/c1-3-4-9-18(2)21-16-20-12-8-15-24(25(20)17-21)23-14-7-11-19-10-5-6-13-22(19)23;1-14-12-20-15(2)10-11-19(21(20)13-14)18-9-5-7-16-6-3-4-8-17(16)18;1-3-2;;;/h5-8,10-18H,3-4,9H2,1-2H3;3-13H,1-2H3;1-2H3;2*1H;/q2*-1;;;;+2/p-2. The number of benzene rings is 6. The summed E-state index contributed by atoms with van der Waals surface area (Å²) in [7, 11) is 0. The normalized spacial score (nSPS) is 11.2. The summed E-state index contributed by atoms with van der Waals surface area (Å²) in [4.78, 5) is 0. The molecule has 0 aromatic heterocycles.